The minimum absolute atomic E-state index is 0.159. The molecule has 2 aromatic heterocycles. The number of alkyl halides is 3. The van der Waals surface area contributed by atoms with Gasteiger partial charge in [-0.25, -0.2) is 4.98 Å². The molecule has 8 heteroatoms. The molecule has 0 spiro atoms. The maximum atomic E-state index is 12.5. The second-order valence-corrected chi connectivity index (χ2v) is 5.33. The number of hydrogen-bond acceptors (Lipinski definition) is 4. The first kappa shape index (κ1) is 16.3. The Hall–Kier alpha value is -2.09. The second kappa shape index (κ2) is 6.78. The number of nitrogens with zero attached hydrogens (tertiary/aromatic N) is 2. The van der Waals surface area contributed by atoms with Crippen LogP contribution < -0.4 is 0 Å². The summed E-state index contributed by atoms with van der Waals surface area (Å²) in [7, 11) is 0. The summed E-state index contributed by atoms with van der Waals surface area (Å²) in [4.78, 5) is 16.9. The van der Waals surface area contributed by atoms with Gasteiger partial charge in [-0.15, -0.1) is 17.9 Å². The third kappa shape index (κ3) is 4.45. The van der Waals surface area contributed by atoms with Crippen molar-refractivity contribution in [2.24, 2.45) is 0 Å². The Morgan fingerprint density at radius 1 is 1.50 bits per heavy atom. The van der Waals surface area contributed by atoms with Crippen LogP contribution in [0.5, 0.6) is 0 Å². The fourth-order valence-corrected chi connectivity index (χ4v) is 2.58. The molecule has 0 bridgehead atoms. The molecule has 0 unspecified atom stereocenters. The molecular weight excluding hydrogens is 317 g/mol. The molecule has 4 nitrogen and oxygen atoms in total. The van der Waals surface area contributed by atoms with Crippen LogP contribution >= 0.6 is 11.3 Å². The number of thiazole rings is 1. The zero-order valence-corrected chi connectivity index (χ0v) is 12.3. The maximum absolute atomic E-state index is 12.5. The van der Waals surface area contributed by atoms with Gasteiger partial charge in [0, 0.05) is 11.9 Å². The van der Waals surface area contributed by atoms with Crippen molar-refractivity contribution >= 4 is 17.2 Å². The topological polar surface area (TPSA) is 46.3 Å². The first-order valence-electron chi connectivity index (χ1n) is 6.33. The van der Waals surface area contributed by atoms with Gasteiger partial charge in [0.05, 0.1) is 18.4 Å². The van der Waals surface area contributed by atoms with Crippen molar-refractivity contribution in [2.75, 3.05) is 13.1 Å². The summed E-state index contributed by atoms with van der Waals surface area (Å²) in [5, 5.41) is 2.22. The lowest BCUT2D eigenvalue weighted by molar-refractivity contribution is -0.159. The third-order valence-electron chi connectivity index (χ3n) is 2.69. The number of amides is 1. The number of aromatic nitrogens is 1. The van der Waals surface area contributed by atoms with Gasteiger partial charge in [-0.3, -0.25) is 4.79 Å². The van der Waals surface area contributed by atoms with E-state index in [4.69, 9.17) is 4.42 Å². The van der Waals surface area contributed by atoms with Gasteiger partial charge in [0.25, 0.3) is 0 Å². The van der Waals surface area contributed by atoms with Crippen molar-refractivity contribution in [2.45, 2.75) is 12.6 Å². The molecule has 0 N–H and O–H groups in total. The maximum Gasteiger partial charge on any atom is 0.406 e. The molecule has 0 aliphatic heterocycles. The van der Waals surface area contributed by atoms with Gasteiger partial charge in [-0.05, 0) is 12.1 Å². The van der Waals surface area contributed by atoms with Crippen molar-refractivity contribution in [3.8, 4) is 10.8 Å². The van der Waals surface area contributed by atoms with E-state index in [0.29, 0.717) is 21.4 Å². The van der Waals surface area contributed by atoms with Crippen LogP contribution in [0.25, 0.3) is 10.8 Å². The molecule has 0 radical (unpaired) electrons. The van der Waals surface area contributed by atoms with Crippen LogP contribution in [0.1, 0.15) is 5.69 Å². The molecule has 2 rings (SSSR count). The summed E-state index contributed by atoms with van der Waals surface area (Å²) >= 11 is 1.27. The Labute approximate surface area is 128 Å². The van der Waals surface area contributed by atoms with Crippen LogP contribution in [0.2, 0.25) is 0 Å². The fourth-order valence-electron chi connectivity index (χ4n) is 1.80. The highest BCUT2D eigenvalue weighted by molar-refractivity contribution is 7.13. The normalized spacial score (nSPS) is 11.4. The summed E-state index contributed by atoms with van der Waals surface area (Å²) < 4.78 is 42.6. The van der Waals surface area contributed by atoms with Crippen LogP contribution in [0.15, 0.2) is 40.8 Å². The van der Waals surface area contributed by atoms with Gasteiger partial charge < -0.3 is 9.32 Å². The standard InChI is InChI=1S/C14H13F3N2O2S/c1-2-5-19(9-14(15,16)17)12(20)7-10-8-22-13(18-10)11-4-3-6-21-11/h2-4,6,8H,1,5,7,9H2. The first-order chi connectivity index (χ1) is 10.4. The van der Waals surface area contributed by atoms with Gasteiger partial charge in [0.15, 0.2) is 10.8 Å². The highest BCUT2D eigenvalue weighted by Crippen LogP contribution is 2.24. The van der Waals surface area contributed by atoms with E-state index in [1.807, 2.05) is 0 Å². The van der Waals surface area contributed by atoms with Crippen molar-refractivity contribution in [3.63, 3.8) is 0 Å². The molecule has 0 saturated carbocycles. The monoisotopic (exact) mass is 330 g/mol. The lowest BCUT2D eigenvalue weighted by Gasteiger charge is -2.22. The molecule has 0 saturated heterocycles. The van der Waals surface area contributed by atoms with Gasteiger partial charge in [0.1, 0.15) is 6.54 Å². The smallest absolute Gasteiger partial charge is 0.406 e. The first-order valence-corrected chi connectivity index (χ1v) is 7.20. The number of carbonyl (C=O) groups is 1. The van der Waals surface area contributed by atoms with Gasteiger partial charge in [-0.2, -0.15) is 13.2 Å². The SMILES string of the molecule is C=CCN(CC(F)(F)F)C(=O)Cc1csc(-c2ccco2)n1. The largest absolute Gasteiger partial charge is 0.462 e. The lowest BCUT2D eigenvalue weighted by Crippen LogP contribution is -2.39. The van der Waals surface area contributed by atoms with E-state index < -0.39 is 18.6 Å². The van der Waals surface area contributed by atoms with Crippen molar-refractivity contribution in [1.82, 2.24) is 9.88 Å². The molecular formula is C14H13F3N2O2S. The van der Waals surface area contributed by atoms with E-state index in [1.165, 1.54) is 23.7 Å². The van der Waals surface area contributed by atoms with Crippen LogP contribution in [0, 0.1) is 0 Å². The number of furan rings is 1. The summed E-state index contributed by atoms with van der Waals surface area (Å²) in [5.41, 5.74) is 0.414. The average molecular weight is 330 g/mol. The Morgan fingerprint density at radius 2 is 2.27 bits per heavy atom. The molecule has 0 atom stereocenters. The van der Waals surface area contributed by atoms with Crippen LogP contribution in [0.4, 0.5) is 13.2 Å². The zero-order valence-electron chi connectivity index (χ0n) is 11.5. The van der Waals surface area contributed by atoms with E-state index in [1.54, 1.807) is 17.5 Å². The van der Waals surface area contributed by atoms with E-state index in [2.05, 4.69) is 11.6 Å². The van der Waals surface area contributed by atoms with Gasteiger partial charge in [-0.1, -0.05) is 6.08 Å². The highest BCUT2D eigenvalue weighted by Gasteiger charge is 2.32. The van der Waals surface area contributed by atoms with Crippen molar-refractivity contribution in [3.05, 3.63) is 42.1 Å². The Balaban J connectivity index is 2.05. The van der Waals surface area contributed by atoms with E-state index in [0.717, 1.165) is 0 Å². The van der Waals surface area contributed by atoms with Crippen LogP contribution in [0.3, 0.4) is 0 Å². The van der Waals surface area contributed by atoms with Gasteiger partial charge in [0.2, 0.25) is 5.91 Å². The summed E-state index contributed by atoms with van der Waals surface area (Å²) in [5.74, 6) is -0.0875. The minimum atomic E-state index is -4.44. The van der Waals surface area contributed by atoms with E-state index >= 15 is 0 Å². The molecule has 0 aliphatic carbocycles. The molecule has 2 heterocycles. The van der Waals surface area contributed by atoms with Crippen molar-refractivity contribution in [1.29, 1.82) is 0 Å². The number of hydrogen-bond donors (Lipinski definition) is 0. The summed E-state index contributed by atoms with van der Waals surface area (Å²) in [6, 6.07) is 3.43. The fraction of sp³-hybridized carbons (Fsp3) is 0.286. The lowest BCUT2D eigenvalue weighted by atomic mass is 10.3. The molecule has 0 aliphatic rings. The predicted molar refractivity (Wildman–Crippen MR) is 76.4 cm³/mol. The molecule has 2 aromatic rings. The Bertz CT molecular complexity index is 635. The van der Waals surface area contributed by atoms with E-state index in [-0.39, 0.29) is 13.0 Å². The quantitative estimate of drug-likeness (QED) is 0.761. The minimum Gasteiger partial charge on any atom is -0.462 e. The molecule has 118 valence electrons. The highest BCUT2D eigenvalue weighted by atomic mass is 32.1. The zero-order chi connectivity index (χ0) is 16.2. The predicted octanol–water partition coefficient (Wildman–Crippen LogP) is 3.52. The molecule has 0 aromatic carbocycles. The molecule has 1 amide bonds. The molecule has 22 heavy (non-hydrogen) atoms. The third-order valence-corrected chi connectivity index (χ3v) is 3.59. The van der Waals surface area contributed by atoms with Crippen LogP contribution in [-0.2, 0) is 11.2 Å². The molecule has 0 fully saturated rings. The Kier molecular flexibility index (Phi) is 5.02. The number of rotatable bonds is 6. The number of carbonyl (C=O) groups excluding carboxylic acids is 1. The van der Waals surface area contributed by atoms with Gasteiger partial charge >= 0.3 is 6.18 Å². The summed E-state index contributed by atoms with van der Waals surface area (Å²) in [6.45, 7) is 1.91. The van der Waals surface area contributed by atoms with E-state index in [9.17, 15) is 18.0 Å². The summed E-state index contributed by atoms with van der Waals surface area (Å²) in [6.07, 6.45) is -1.88. The Morgan fingerprint density at radius 3 is 2.86 bits per heavy atom. The second-order valence-electron chi connectivity index (χ2n) is 4.48. The van der Waals surface area contributed by atoms with Crippen molar-refractivity contribution < 1.29 is 22.4 Å². The van der Waals surface area contributed by atoms with Crippen LogP contribution in [-0.4, -0.2) is 35.1 Å². The average Bonchev–Trinajstić information content (AvgIpc) is 3.06. The number of halogens is 3.